The van der Waals surface area contributed by atoms with Crippen molar-refractivity contribution in [3.8, 4) is 11.5 Å². The predicted octanol–water partition coefficient (Wildman–Crippen LogP) is 5.57. The predicted molar refractivity (Wildman–Crippen MR) is 150 cm³/mol. The zero-order chi connectivity index (χ0) is 32.8. The topological polar surface area (TPSA) is 108 Å². The van der Waals surface area contributed by atoms with Gasteiger partial charge in [0.2, 0.25) is 11.8 Å². The highest BCUT2D eigenvalue weighted by Crippen LogP contribution is 2.27. The van der Waals surface area contributed by atoms with E-state index in [1.165, 1.54) is 9.80 Å². The minimum atomic E-state index is -4.98. The van der Waals surface area contributed by atoms with E-state index in [0.717, 1.165) is 12.4 Å². The van der Waals surface area contributed by atoms with Crippen LogP contribution in [-0.2, 0) is 19.2 Å². The second-order valence-electron chi connectivity index (χ2n) is 10.3. The maximum Gasteiger partial charge on any atom is 0.454 e. The average molecular weight is 639 g/mol. The number of nitrogens with one attached hydrogen (secondary N) is 2. The van der Waals surface area contributed by atoms with Crippen molar-refractivity contribution in [1.29, 1.82) is 0 Å². The first-order valence-electron chi connectivity index (χ1n) is 13.8. The van der Waals surface area contributed by atoms with Crippen molar-refractivity contribution in [2.45, 2.75) is 50.1 Å². The molecular weight excluding hydrogens is 610 g/mol. The highest BCUT2D eigenvalue weighted by Gasteiger charge is 2.38. The van der Waals surface area contributed by atoms with Gasteiger partial charge in [-0.15, -0.1) is 0 Å². The highest BCUT2D eigenvalue weighted by molar-refractivity contribution is 5.97. The number of anilines is 2. The molecule has 2 amide bonds. The summed E-state index contributed by atoms with van der Waals surface area (Å²) in [7, 11) is 0. The Labute approximate surface area is 253 Å². The van der Waals surface area contributed by atoms with Gasteiger partial charge in [-0.05, 0) is 74.2 Å². The zero-order valence-corrected chi connectivity index (χ0v) is 23.5. The van der Waals surface area contributed by atoms with E-state index in [9.17, 15) is 45.5 Å². The minimum Gasteiger partial charge on any atom is -0.457 e. The molecule has 0 saturated carbocycles. The van der Waals surface area contributed by atoms with Crippen molar-refractivity contribution in [2.75, 3.05) is 23.7 Å². The second kappa shape index (κ2) is 13.9. The fourth-order valence-electron chi connectivity index (χ4n) is 4.81. The summed E-state index contributed by atoms with van der Waals surface area (Å²) < 4.78 is 80.6. The third kappa shape index (κ3) is 9.09. The van der Waals surface area contributed by atoms with E-state index in [-0.39, 0.29) is 0 Å². The normalized spacial score (nSPS) is 18.9. The Morgan fingerprint density at radius 1 is 0.644 bits per heavy atom. The number of nitrogens with zero attached hydrogens (tertiary/aromatic N) is 2. The molecule has 45 heavy (non-hydrogen) atoms. The van der Waals surface area contributed by atoms with Crippen molar-refractivity contribution in [3.05, 3.63) is 73.1 Å². The first-order valence-corrected chi connectivity index (χ1v) is 13.8. The lowest BCUT2D eigenvalue weighted by Gasteiger charge is -2.22. The SMILES string of the molecule is O=C(Nc1ccc(Oc2ccc(NC(=O)C3CCCN3/C=C/C(=O)C(F)(F)F)cc2)cc1)C1CCCN1/C=C/C(=O)C(F)(F)F. The standard InChI is InChI=1S/C30H28F6N4O5/c31-29(32,33)25(41)13-17-39-15-1-3-23(39)27(43)37-19-5-9-21(10-6-19)45-22-11-7-20(8-12-22)38-28(44)24-4-2-16-40(24)18-14-26(42)30(34,35)36/h5-14,17-18,23-24H,1-4,15-16H2,(H,37,43)(H,38,44)/b17-13+,18-14+. The molecule has 2 N–H and O–H groups in total. The summed E-state index contributed by atoms with van der Waals surface area (Å²) in [5, 5.41) is 5.41. The summed E-state index contributed by atoms with van der Waals surface area (Å²) in [6, 6.07) is 11.2. The lowest BCUT2D eigenvalue weighted by Crippen LogP contribution is -2.36. The molecule has 0 radical (unpaired) electrons. The number of hydrogen-bond acceptors (Lipinski definition) is 7. The van der Waals surface area contributed by atoms with Gasteiger partial charge in [0.25, 0.3) is 11.6 Å². The number of rotatable bonds is 10. The van der Waals surface area contributed by atoms with Crippen LogP contribution < -0.4 is 15.4 Å². The number of halogens is 6. The van der Waals surface area contributed by atoms with E-state index in [2.05, 4.69) is 10.6 Å². The third-order valence-corrected chi connectivity index (χ3v) is 7.07. The van der Waals surface area contributed by atoms with Crippen LogP contribution in [0.2, 0.25) is 0 Å². The Balaban J connectivity index is 1.28. The molecule has 0 aliphatic carbocycles. The third-order valence-electron chi connectivity index (χ3n) is 7.07. The van der Waals surface area contributed by atoms with Gasteiger partial charge in [0, 0.05) is 49.0 Å². The number of likely N-dealkylation sites (tertiary alicyclic amines) is 2. The summed E-state index contributed by atoms with van der Waals surface area (Å²) in [4.78, 5) is 50.5. The van der Waals surface area contributed by atoms with Gasteiger partial charge >= 0.3 is 12.4 Å². The molecule has 15 heteroatoms. The van der Waals surface area contributed by atoms with E-state index < -0.39 is 47.8 Å². The number of allylic oxidation sites excluding steroid dienone is 2. The largest absolute Gasteiger partial charge is 0.457 e. The Kier molecular flexibility index (Phi) is 10.2. The number of ketones is 2. The molecule has 2 aliphatic heterocycles. The van der Waals surface area contributed by atoms with Gasteiger partial charge in [0.05, 0.1) is 0 Å². The average Bonchev–Trinajstić information content (AvgIpc) is 3.65. The maximum absolute atomic E-state index is 12.7. The Bertz CT molecular complexity index is 1350. The molecule has 2 saturated heterocycles. The quantitative estimate of drug-likeness (QED) is 0.259. The van der Waals surface area contributed by atoms with Crippen molar-refractivity contribution >= 4 is 34.8 Å². The number of alkyl halides is 6. The van der Waals surface area contributed by atoms with Gasteiger partial charge in [-0.1, -0.05) is 0 Å². The summed E-state index contributed by atoms with van der Waals surface area (Å²) >= 11 is 0. The molecule has 2 aromatic rings. The van der Waals surface area contributed by atoms with Crippen LogP contribution in [0.5, 0.6) is 11.5 Å². The Morgan fingerprint density at radius 3 is 1.33 bits per heavy atom. The monoisotopic (exact) mass is 638 g/mol. The molecule has 2 aliphatic rings. The molecule has 2 unspecified atom stereocenters. The molecule has 2 fully saturated rings. The van der Waals surface area contributed by atoms with E-state index in [0.29, 0.717) is 73.8 Å². The molecule has 4 rings (SSSR count). The molecule has 0 spiro atoms. The van der Waals surface area contributed by atoms with E-state index in [1.54, 1.807) is 48.5 Å². The van der Waals surface area contributed by atoms with Crippen LogP contribution in [0.4, 0.5) is 37.7 Å². The highest BCUT2D eigenvalue weighted by atomic mass is 19.4. The van der Waals surface area contributed by atoms with Crippen molar-refractivity contribution in [3.63, 3.8) is 0 Å². The van der Waals surface area contributed by atoms with Gasteiger partial charge in [-0.3, -0.25) is 19.2 Å². The summed E-state index contributed by atoms with van der Waals surface area (Å²) in [6.45, 7) is 0.664. The number of carbonyl (C=O) groups is 4. The lowest BCUT2D eigenvalue weighted by molar-refractivity contribution is -0.165. The molecule has 2 atom stereocenters. The maximum atomic E-state index is 12.7. The molecule has 0 aromatic heterocycles. The van der Waals surface area contributed by atoms with Crippen molar-refractivity contribution < 1.29 is 50.3 Å². The molecule has 9 nitrogen and oxygen atoms in total. The van der Waals surface area contributed by atoms with Crippen LogP contribution in [0.3, 0.4) is 0 Å². The van der Waals surface area contributed by atoms with Crippen LogP contribution in [-0.4, -0.2) is 70.7 Å². The van der Waals surface area contributed by atoms with Crippen molar-refractivity contribution in [2.24, 2.45) is 0 Å². The molecule has 2 aromatic carbocycles. The number of amides is 2. The number of benzene rings is 2. The fourth-order valence-corrected chi connectivity index (χ4v) is 4.81. The summed E-state index contributed by atoms with van der Waals surface area (Å²) in [5.74, 6) is -4.04. The summed E-state index contributed by atoms with van der Waals surface area (Å²) in [5.41, 5.74) is 0.845. The zero-order valence-electron chi connectivity index (χ0n) is 23.5. The van der Waals surface area contributed by atoms with Gasteiger partial charge < -0.3 is 25.2 Å². The van der Waals surface area contributed by atoms with Gasteiger partial charge in [0.15, 0.2) is 0 Å². The van der Waals surface area contributed by atoms with Crippen LogP contribution in [0.15, 0.2) is 73.1 Å². The van der Waals surface area contributed by atoms with Crippen LogP contribution >= 0.6 is 0 Å². The van der Waals surface area contributed by atoms with Gasteiger partial charge in [-0.25, -0.2) is 0 Å². The first kappa shape index (κ1) is 33.1. The van der Waals surface area contributed by atoms with Crippen LogP contribution in [0.25, 0.3) is 0 Å². The van der Waals surface area contributed by atoms with Gasteiger partial charge in [-0.2, -0.15) is 26.3 Å². The number of carbonyl (C=O) groups excluding carboxylic acids is 4. The van der Waals surface area contributed by atoms with Crippen LogP contribution in [0.1, 0.15) is 25.7 Å². The minimum absolute atomic E-state index is 0.332. The Morgan fingerprint density at radius 2 is 1.00 bits per heavy atom. The molecule has 0 bridgehead atoms. The van der Waals surface area contributed by atoms with Crippen molar-refractivity contribution in [1.82, 2.24) is 9.80 Å². The second-order valence-corrected chi connectivity index (χ2v) is 10.3. The molecule has 2 heterocycles. The number of hydrogen-bond donors (Lipinski definition) is 2. The first-order chi connectivity index (χ1) is 21.2. The summed E-state index contributed by atoms with van der Waals surface area (Å²) in [6.07, 6.45) is -5.19. The number of ether oxygens (including phenoxy) is 1. The van der Waals surface area contributed by atoms with Gasteiger partial charge in [0.1, 0.15) is 23.6 Å². The molecular formula is C30H28F6N4O5. The Hall–Kier alpha value is -4.82. The van der Waals surface area contributed by atoms with E-state index in [1.807, 2.05) is 0 Å². The fraction of sp³-hybridized carbons (Fsp3) is 0.333. The molecule has 240 valence electrons. The van der Waals surface area contributed by atoms with E-state index in [4.69, 9.17) is 4.74 Å². The smallest absolute Gasteiger partial charge is 0.454 e. The van der Waals surface area contributed by atoms with Crippen LogP contribution in [0, 0.1) is 0 Å². The lowest BCUT2D eigenvalue weighted by atomic mass is 10.2. The van der Waals surface area contributed by atoms with E-state index >= 15 is 0 Å².